The number of likely N-dealkylation sites (tertiary alicyclic amines) is 1. The van der Waals surface area contributed by atoms with E-state index in [1.807, 2.05) is 54.0 Å². The Bertz CT molecular complexity index is 1360. The van der Waals surface area contributed by atoms with Gasteiger partial charge in [-0.15, -0.1) is 0 Å². The van der Waals surface area contributed by atoms with Gasteiger partial charge in [0.2, 0.25) is 12.7 Å². The Kier molecular flexibility index (Phi) is 5.73. The third kappa shape index (κ3) is 3.58. The molecular weight excluding hydrogens is 460 g/mol. The SMILES string of the molecule is CCNC(=O)[C@@H]1[C@@H](CO)[C@@H]2Cn3c(ccc(-c4ccncc4)c3=O)[C@@H]2N1Cc1ccc2c(c1)OCO2. The number of ether oxygens (including phenoxy) is 2. The van der Waals surface area contributed by atoms with Crippen molar-refractivity contribution >= 4 is 5.91 Å². The van der Waals surface area contributed by atoms with Crippen molar-refractivity contribution in [3.05, 3.63) is 76.5 Å². The molecule has 3 aromatic rings. The van der Waals surface area contributed by atoms with Gasteiger partial charge in [-0.25, -0.2) is 0 Å². The van der Waals surface area contributed by atoms with Crippen molar-refractivity contribution in [2.75, 3.05) is 19.9 Å². The number of carbonyl (C=O) groups excluding carboxylic acids is 1. The fourth-order valence-corrected chi connectivity index (χ4v) is 6.06. The van der Waals surface area contributed by atoms with Gasteiger partial charge in [0.15, 0.2) is 11.5 Å². The van der Waals surface area contributed by atoms with Crippen LogP contribution in [0.1, 0.15) is 24.2 Å². The fourth-order valence-electron chi connectivity index (χ4n) is 6.06. The molecule has 4 atom stereocenters. The lowest BCUT2D eigenvalue weighted by Crippen LogP contribution is -2.48. The fraction of sp³-hybridized carbons (Fsp3) is 0.370. The predicted molar refractivity (Wildman–Crippen MR) is 131 cm³/mol. The number of hydrogen-bond acceptors (Lipinski definition) is 7. The molecule has 3 aliphatic rings. The molecule has 0 bridgehead atoms. The first-order valence-electron chi connectivity index (χ1n) is 12.3. The van der Waals surface area contributed by atoms with E-state index in [1.54, 1.807) is 12.4 Å². The van der Waals surface area contributed by atoms with Gasteiger partial charge >= 0.3 is 0 Å². The Labute approximate surface area is 208 Å². The number of benzene rings is 1. The first-order valence-corrected chi connectivity index (χ1v) is 12.3. The molecule has 3 aliphatic heterocycles. The quantitative estimate of drug-likeness (QED) is 0.546. The van der Waals surface area contributed by atoms with Crippen LogP contribution < -0.4 is 20.3 Å². The Morgan fingerprint density at radius 1 is 1.14 bits per heavy atom. The second-order valence-electron chi connectivity index (χ2n) is 9.48. The van der Waals surface area contributed by atoms with Crippen LogP contribution in [0.15, 0.2) is 59.7 Å². The van der Waals surface area contributed by atoms with Crippen LogP contribution in [0.2, 0.25) is 0 Å². The number of aliphatic hydroxyl groups excluding tert-OH is 1. The predicted octanol–water partition coefficient (Wildman–Crippen LogP) is 1.94. The second-order valence-corrected chi connectivity index (χ2v) is 9.48. The summed E-state index contributed by atoms with van der Waals surface area (Å²) >= 11 is 0. The van der Waals surface area contributed by atoms with Gasteiger partial charge in [0.25, 0.3) is 5.56 Å². The van der Waals surface area contributed by atoms with Crippen LogP contribution in [-0.2, 0) is 17.9 Å². The van der Waals surface area contributed by atoms with Gasteiger partial charge in [-0.1, -0.05) is 6.07 Å². The lowest BCUT2D eigenvalue weighted by atomic mass is 9.88. The first kappa shape index (κ1) is 22.8. The molecular formula is C27H28N4O5. The summed E-state index contributed by atoms with van der Waals surface area (Å²) in [6.45, 7) is 3.37. The molecule has 9 nitrogen and oxygen atoms in total. The van der Waals surface area contributed by atoms with Crippen LogP contribution in [-0.4, -0.2) is 51.5 Å². The van der Waals surface area contributed by atoms with Crippen molar-refractivity contribution in [3.8, 4) is 22.6 Å². The monoisotopic (exact) mass is 488 g/mol. The summed E-state index contributed by atoms with van der Waals surface area (Å²) in [5.41, 5.74) is 3.21. The Balaban J connectivity index is 1.42. The molecule has 2 N–H and O–H groups in total. The molecule has 5 heterocycles. The van der Waals surface area contributed by atoms with Gasteiger partial charge in [0, 0.05) is 61.7 Å². The van der Waals surface area contributed by atoms with Crippen LogP contribution in [0, 0.1) is 11.8 Å². The van der Waals surface area contributed by atoms with E-state index in [0.29, 0.717) is 36.7 Å². The van der Waals surface area contributed by atoms with Gasteiger partial charge in [-0.3, -0.25) is 19.5 Å². The van der Waals surface area contributed by atoms with Crippen molar-refractivity contribution in [3.63, 3.8) is 0 Å². The van der Waals surface area contributed by atoms with Gasteiger partial charge in [-0.05, 0) is 54.4 Å². The molecule has 186 valence electrons. The normalized spacial score (nSPS) is 23.9. The number of amides is 1. The number of fused-ring (bicyclic) bond motifs is 4. The molecule has 1 amide bonds. The van der Waals surface area contributed by atoms with Crippen LogP contribution in [0.4, 0.5) is 0 Å². The standard InChI is InChI=1S/C27H28N4O5/c1-2-29-26(33)25-20(14-32)19-13-30-21(5-4-18(27(30)34)17-7-9-28-10-8-17)24(19)31(25)12-16-3-6-22-23(11-16)36-15-35-22/h3-11,19-20,24-25,32H,2,12-15H2,1H3,(H,29,33)/t19-,20-,24+,25-/m0/s1. The van der Waals surface area contributed by atoms with Crippen LogP contribution in [0.5, 0.6) is 11.5 Å². The van der Waals surface area contributed by atoms with Crippen LogP contribution in [0.3, 0.4) is 0 Å². The summed E-state index contributed by atoms with van der Waals surface area (Å²) in [5.74, 6) is 0.903. The summed E-state index contributed by atoms with van der Waals surface area (Å²) in [6.07, 6.45) is 3.35. The molecule has 6 rings (SSSR count). The molecule has 0 aliphatic carbocycles. The summed E-state index contributed by atoms with van der Waals surface area (Å²) < 4.78 is 12.8. The van der Waals surface area contributed by atoms with E-state index in [2.05, 4.69) is 15.2 Å². The molecule has 1 fully saturated rings. The molecule has 1 aromatic carbocycles. The Hall–Kier alpha value is -3.69. The van der Waals surface area contributed by atoms with E-state index < -0.39 is 6.04 Å². The van der Waals surface area contributed by atoms with Crippen molar-refractivity contribution in [1.29, 1.82) is 0 Å². The number of carbonyl (C=O) groups is 1. The maximum Gasteiger partial charge on any atom is 0.258 e. The topological polar surface area (TPSA) is 106 Å². The molecule has 0 radical (unpaired) electrons. The van der Waals surface area contributed by atoms with Gasteiger partial charge in [0.05, 0.1) is 12.1 Å². The minimum Gasteiger partial charge on any atom is -0.454 e. The third-order valence-corrected chi connectivity index (χ3v) is 7.60. The highest BCUT2D eigenvalue weighted by Gasteiger charge is 2.55. The van der Waals surface area contributed by atoms with E-state index in [9.17, 15) is 14.7 Å². The number of aromatic nitrogens is 2. The van der Waals surface area contributed by atoms with E-state index in [-0.39, 0.29) is 42.7 Å². The summed E-state index contributed by atoms with van der Waals surface area (Å²) in [7, 11) is 0. The summed E-state index contributed by atoms with van der Waals surface area (Å²) in [5, 5.41) is 13.4. The van der Waals surface area contributed by atoms with Crippen molar-refractivity contribution in [1.82, 2.24) is 19.8 Å². The number of likely N-dealkylation sites (N-methyl/N-ethyl adjacent to an activating group) is 1. The van der Waals surface area contributed by atoms with E-state index in [0.717, 1.165) is 16.8 Å². The maximum atomic E-state index is 13.6. The zero-order valence-corrected chi connectivity index (χ0v) is 20.0. The van der Waals surface area contributed by atoms with E-state index >= 15 is 0 Å². The highest BCUT2D eigenvalue weighted by Crippen LogP contribution is 2.50. The Morgan fingerprint density at radius 2 is 1.94 bits per heavy atom. The lowest BCUT2D eigenvalue weighted by Gasteiger charge is -2.31. The summed E-state index contributed by atoms with van der Waals surface area (Å²) in [4.78, 5) is 33.0. The molecule has 0 saturated carbocycles. The third-order valence-electron chi connectivity index (χ3n) is 7.60. The van der Waals surface area contributed by atoms with Crippen molar-refractivity contribution < 1.29 is 19.4 Å². The number of pyridine rings is 2. The smallest absolute Gasteiger partial charge is 0.258 e. The second kappa shape index (κ2) is 9.07. The molecule has 9 heteroatoms. The lowest BCUT2D eigenvalue weighted by molar-refractivity contribution is -0.127. The van der Waals surface area contributed by atoms with Crippen LogP contribution in [0.25, 0.3) is 11.1 Å². The number of rotatable bonds is 6. The molecule has 1 saturated heterocycles. The summed E-state index contributed by atoms with van der Waals surface area (Å²) in [6, 6.07) is 12.6. The highest BCUT2D eigenvalue weighted by atomic mass is 16.7. The molecule has 0 spiro atoms. The van der Waals surface area contributed by atoms with Crippen molar-refractivity contribution in [2.45, 2.75) is 32.1 Å². The minimum absolute atomic E-state index is 0.0672. The average molecular weight is 489 g/mol. The van der Waals surface area contributed by atoms with E-state index in [1.165, 1.54) is 0 Å². The largest absolute Gasteiger partial charge is 0.454 e. The van der Waals surface area contributed by atoms with Gasteiger partial charge in [-0.2, -0.15) is 0 Å². The van der Waals surface area contributed by atoms with E-state index in [4.69, 9.17) is 9.47 Å². The zero-order valence-electron chi connectivity index (χ0n) is 20.0. The zero-order chi connectivity index (χ0) is 24.8. The highest BCUT2D eigenvalue weighted by molar-refractivity contribution is 5.82. The molecule has 2 aromatic heterocycles. The van der Waals surface area contributed by atoms with Gasteiger partial charge < -0.3 is 24.5 Å². The Morgan fingerprint density at radius 3 is 2.72 bits per heavy atom. The molecule has 36 heavy (non-hydrogen) atoms. The van der Waals surface area contributed by atoms with Crippen molar-refractivity contribution in [2.24, 2.45) is 11.8 Å². The van der Waals surface area contributed by atoms with Crippen LogP contribution >= 0.6 is 0 Å². The average Bonchev–Trinajstić information content (AvgIpc) is 3.58. The van der Waals surface area contributed by atoms with Gasteiger partial charge in [0.1, 0.15) is 0 Å². The number of hydrogen-bond donors (Lipinski definition) is 2. The number of nitrogens with zero attached hydrogens (tertiary/aromatic N) is 3. The first-order chi connectivity index (χ1) is 17.6. The maximum absolute atomic E-state index is 13.6. The molecule has 0 unspecified atom stereocenters. The number of nitrogens with one attached hydrogen (secondary N) is 1. The number of aliphatic hydroxyl groups is 1. The minimum atomic E-state index is -0.515.